The van der Waals surface area contributed by atoms with Gasteiger partial charge in [-0.05, 0) is 23.8 Å². The van der Waals surface area contributed by atoms with Crippen LogP contribution in [0.5, 0.6) is 5.75 Å². The predicted molar refractivity (Wildman–Crippen MR) is 73.6 cm³/mol. The number of fused-ring (bicyclic) bond motifs is 1. The van der Waals surface area contributed by atoms with Crippen molar-refractivity contribution in [2.75, 3.05) is 39.3 Å². The average Bonchev–Trinajstić information content (AvgIpc) is 2.95. The lowest BCUT2D eigenvalue weighted by Gasteiger charge is -2.33. The smallest absolute Gasteiger partial charge is 0.253 e. The maximum Gasteiger partial charge on any atom is 0.253 e. The summed E-state index contributed by atoms with van der Waals surface area (Å²) in [5.74, 6) is 0.983. The third-order valence-corrected chi connectivity index (χ3v) is 3.89. The van der Waals surface area contributed by atoms with Crippen molar-refractivity contribution in [3.8, 4) is 11.8 Å². The van der Waals surface area contributed by atoms with Gasteiger partial charge in [0.15, 0.2) is 0 Å². The number of nitriles is 1. The fourth-order valence-corrected chi connectivity index (χ4v) is 2.71. The second-order valence-corrected chi connectivity index (χ2v) is 5.15. The first-order valence-corrected chi connectivity index (χ1v) is 6.92. The molecule has 5 heteroatoms. The Balaban J connectivity index is 1.66. The van der Waals surface area contributed by atoms with Crippen molar-refractivity contribution in [3.05, 3.63) is 29.3 Å². The number of hydrogen-bond acceptors (Lipinski definition) is 4. The predicted octanol–water partition coefficient (Wildman–Crippen LogP) is 0.903. The van der Waals surface area contributed by atoms with Crippen molar-refractivity contribution in [1.82, 2.24) is 9.80 Å². The quantitative estimate of drug-likeness (QED) is 0.750. The molecule has 0 spiro atoms. The molecule has 0 bridgehead atoms. The highest BCUT2D eigenvalue weighted by Gasteiger charge is 2.23. The van der Waals surface area contributed by atoms with E-state index in [0.29, 0.717) is 26.2 Å². The Labute approximate surface area is 118 Å². The van der Waals surface area contributed by atoms with E-state index >= 15 is 0 Å². The number of piperazine rings is 1. The van der Waals surface area contributed by atoms with E-state index in [1.165, 1.54) is 0 Å². The van der Waals surface area contributed by atoms with Gasteiger partial charge in [0, 0.05) is 38.2 Å². The van der Waals surface area contributed by atoms with Crippen LogP contribution in [-0.2, 0) is 6.42 Å². The van der Waals surface area contributed by atoms with E-state index in [1.807, 2.05) is 23.1 Å². The molecule has 0 radical (unpaired) electrons. The molecule has 1 fully saturated rings. The first kappa shape index (κ1) is 12.9. The fraction of sp³-hybridized carbons (Fsp3) is 0.467. The van der Waals surface area contributed by atoms with Crippen LogP contribution >= 0.6 is 0 Å². The highest BCUT2D eigenvalue weighted by atomic mass is 16.5. The number of rotatable bonds is 2. The first-order valence-electron chi connectivity index (χ1n) is 6.92. The molecule has 2 aliphatic heterocycles. The molecule has 1 saturated heterocycles. The van der Waals surface area contributed by atoms with Gasteiger partial charge in [-0.3, -0.25) is 9.69 Å². The number of amides is 1. The van der Waals surface area contributed by atoms with Crippen LogP contribution in [0.2, 0.25) is 0 Å². The minimum absolute atomic E-state index is 0.0799. The molecule has 0 unspecified atom stereocenters. The zero-order valence-corrected chi connectivity index (χ0v) is 11.3. The zero-order chi connectivity index (χ0) is 13.9. The lowest BCUT2D eigenvalue weighted by molar-refractivity contribution is 0.0651. The summed E-state index contributed by atoms with van der Waals surface area (Å²) in [7, 11) is 0. The van der Waals surface area contributed by atoms with E-state index in [1.54, 1.807) is 0 Å². The number of carbonyl (C=O) groups excluding carboxylic acids is 1. The molecule has 2 heterocycles. The van der Waals surface area contributed by atoms with Crippen LogP contribution in [0.3, 0.4) is 0 Å². The Kier molecular flexibility index (Phi) is 3.57. The summed E-state index contributed by atoms with van der Waals surface area (Å²) in [4.78, 5) is 16.4. The molecule has 3 rings (SSSR count). The molecule has 1 aromatic rings. The molecule has 5 nitrogen and oxygen atoms in total. The van der Waals surface area contributed by atoms with Gasteiger partial charge in [0.2, 0.25) is 0 Å². The minimum atomic E-state index is 0.0799. The van der Waals surface area contributed by atoms with E-state index in [0.717, 1.165) is 36.4 Å². The first-order chi connectivity index (χ1) is 9.78. The van der Waals surface area contributed by atoms with Crippen molar-refractivity contribution >= 4 is 5.91 Å². The molecule has 0 aliphatic carbocycles. The summed E-state index contributed by atoms with van der Waals surface area (Å²) < 4.78 is 5.46. The number of hydrogen-bond donors (Lipinski definition) is 0. The number of ether oxygens (including phenoxy) is 1. The van der Waals surface area contributed by atoms with Gasteiger partial charge in [0.1, 0.15) is 5.75 Å². The summed E-state index contributed by atoms with van der Waals surface area (Å²) >= 11 is 0. The highest BCUT2D eigenvalue weighted by molar-refractivity contribution is 5.94. The van der Waals surface area contributed by atoms with Gasteiger partial charge >= 0.3 is 0 Å². The number of benzene rings is 1. The van der Waals surface area contributed by atoms with E-state index in [9.17, 15) is 4.79 Å². The second-order valence-electron chi connectivity index (χ2n) is 5.15. The summed E-state index contributed by atoms with van der Waals surface area (Å²) in [5, 5.41) is 8.68. The van der Waals surface area contributed by atoms with Crippen molar-refractivity contribution < 1.29 is 9.53 Å². The van der Waals surface area contributed by atoms with Crippen molar-refractivity contribution in [1.29, 1.82) is 5.26 Å². The summed E-state index contributed by atoms with van der Waals surface area (Å²) in [5.41, 5.74) is 1.86. The highest BCUT2D eigenvalue weighted by Crippen LogP contribution is 2.26. The molecule has 104 valence electrons. The van der Waals surface area contributed by atoms with Gasteiger partial charge < -0.3 is 9.64 Å². The van der Waals surface area contributed by atoms with Crippen LogP contribution in [0, 0.1) is 11.3 Å². The van der Waals surface area contributed by atoms with Gasteiger partial charge in [-0.25, -0.2) is 0 Å². The molecule has 1 aromatic carbocycles. The van der Waals surface area contributed by atoms with Crippen LogP contribution in [-0.4, -0.2) is 55.0 Å². The lowest BCUT2D eigenvalue weighted by atomic mass is 10.1. The average molecular weight is 271 g/mol. The lowest BCUT2D eigenvalue weighted by Crippen LogP contribution is -2.48. The molecule has 1 amide bonds. The largest absolute Gasteiger partial charge is 0.493 e. The molecule has 0 N–H and O–H groups in total. The Morgan fingerprint density at radius 2 is 2.10 bits per heavy atom. The van der Waals surface area contributed by atoms with Gasteiger partial charge in [-0.15, -0.1) is 0 Å². The normalized spacial score (nSPS) is 18.2. The van der Waals surface area contributed by atoms with Gasteiger partial charge in [-0.1, -0.05) is 0 Å². The van der Waals surface area contributed by atoms with Crippen molar-refractivity contribution in [2.24, 2.45) is 0 Å². The Bertz CT molecular complexity index is 557. The van der Waals surface area contributed by atoms with Crippen LogP contribution in [0.4, 0.5) is 0 Å². The van der Waals surface area contributed by atoms with E-state index in [4.69, 9.17) is 10.00 Å². The van der Waals surface area contributed by atoms with E-state index < -0.39 is 0 Å². The molecule has 0 aromatic heterocycles. The molecule has 2 aliphatic rings. The maximum absolute atomic E-state index is 12.5. The Hall–Kier alpha value is -2.06. The third-order valence-electron chi connectivity index (χ3n) is 3.89. The maximum atomic E-state index is 12.5. The van der Waals surface area contributed by atoms with Gasteiger partial charge in [0.25, 0.3) is 5.91 Å². The molecule has 0 saturated carbocycles. The third kappa shape index (κ3) is 2.47. The fourth-order valence-electron chi connectivity index (χ4n) is 2.71. The van der Waals surface area contributed by atoms with Crippen LogP contribution in [0.25, 0.3) is 0 Å². The molecule has 20 heavy (non-hydrogen) atoms. The summed E-state index contributed by atoms with van der Waals surface area (Å²) in [6.45, 7) is 4.07. The van der Waals surface area contributed by atoms with Crippen LogP contribution in [0.15, 0.2) is 18.2 Å². The SMILES string of the molecule is N#CCN1CCN(C(=O)c2ccc3c(c2)CCO3)CC1. The standard InChI is InChI=1S/C15H17N3O2/c16-4-5-17-6-8-18(9-7-17)15(19)13-1-2-14-12(11-13)3-10-20-14/h1-2,11H,3,5-10H2. The zero-order valence-electron chi connectivity index (χ0n) is 11.3. The van der Waals surface area contributed by atoms with Crippen LogP contribution < -0.4 is 4.74 Å². The van der Waals surface area contributed by atoms with Crippen molar-refractivity contribution in [3.63, 3.8) is 0 Å². The molecular formula is C15H17N3O2. The Morgan fingerprint density at radius 3 is 2.85 bits per heavy atom. The van der Waals surface area contributed by atoms with Crippen molar-refractivity contribution in [2.45, 2.75) is 6.42 Å². The monoisotopic (exact) mass is 271 g/mol. The molecule has 0 atom stereocenters. The number of carbonyl (C=O) groups is 1. The summed E-state index contributed by atoms with van der Waals surface area (Å²) in [6, 6.07) is 7.83. The van der Waals surface area contributed by atoms with Gasteiger partial charge in [-0.2, -0.15) is 5.26 Å². The topological polar surface area (TPSA) is 56.6 Å². The molecular weight excluding hydrogens is 254 g/mol. The number of nitrogens with zero attached hydrogens (tertiary/aromatic N) is 3. The van der Waals surface area contributed by atoms with E-state index in [-0.39, 0.29) is 5.91 Å². The van der Waals surface area contributed by atoms with Gasteiger partial charge in [0.05, 0.1) is 19.2 Å². The summed E-state index contributed by atoms with van der Waals surface area (Å²) in [6.07, 6.45) is 0.881. The second kappa shape index (κ2) is 5.51. The van der Waals surface area contributed by atoms with E-state index in [2.05, 4.69) is 11.0 Å². The Morgan fingerprint density at radius 1 is 1.30 bits per heavy atom. The van der Waals surface area contributed by atoms with Crippen LogP contribution in [0.1, 0.15) is 15.9 Å². The minimum Gasteiger partial charge on any atom is -0.493 e.